The van der Waals surface area contributed by atoms with Crippen molar-refractivity contribution in [2.45, 2.75) is 24.9 Å². The Kier molecular flexibility index (Phi) is 13.9. The van der Waals surface area contributed by atoms with Crippen LogP contribution in [0.25, 0.3) is 0 Å². The second-order valence-corrected chi connectivity index (χ2v) is 3.09. The Morgan fingerprint density at radius 1 is 0.737 bits per heavy atom. The number of rotatable bonds is 6. The maximum absolute atomic E-state index is 9.85. The molecule has 104 valence electrons. The molecule has 0 radical (unpaired) electrons. The van der Waals surface area contributed by atoms with Gasteiger partial charge in [-0.3, -0.25) is 19.2 Å². The summed E-state index contributed by atoms with van der Waals surface area (Å²) in [6.07, 6.45) is -1.06. The SMILES string of the molecule is N[C@H](CC(=O)O)C(=O)O.N[C@H](CC(=O)O)C(=O)O.[Mg+2]. The molecular weight excluding hydrogens is 276 g/mol. The predicted molar refractivity (Wildman–Crippen MR) is 61.5 cm³/mol. The third-order valence-corrected chi connectivity index (χ3v) is 1.42. The van der Waals surface area contributed by atoms with Gasteiger partial charge in [-0.25, -0.2) is 0 Å². The number of carboxylic acids is 4. The van der Waals surface area contributed by atoms with Crippen molar-refractivity contribution in [2.24, 2.45) is 11.5 Å². The minimum atomic E-state index is -1.29. The van der Waals surface area contributed by atoms with Gasteiger partial charge in [0.15, 0.2) is 0 Å². The van der Waals surface area contributed by atoms with Gasteiger partial charge in [0.05, 0.1) is 12.8 Å². The van der Waals surface area contributed by atoms with E-state index in [0.717, 1.165) is 0 Å². The fourth-order valence-corrected chi connectivity index (χ4v) is 0.551. The summed E-state index contributed by atoms with van der Waals surface area (Å²) in [5, 5.41) is 32.1. The van der Waals surface area contributed by atoms with E-state index >= 15 is 0 Å². The molecule has 2 atom stereocenters. The van der Waals surface area contributed by atoms with Gasteiger partial charge in [-0.05, 0) is 0 Å². The normalized spacial score (nSPS) is 11.9. The van der Waals surface area contributed by atoms with Gasteiger partial charge in [0.1, 0.15) is 12.1 Å². The van der Waals surface area contributed by atoms with Gasteiger partial charge < -0.3 is 31.9 Å². The molecular formula is C8H14MgN2O8+2. The van der Waals surface area contributed by atoms with Crippen molar-refractivity contribution in [1.82, 2.24) is 0 Å². The van der Waals surface area contributed by atoms with E-state index in [1.807, 2.05) is 0 Å². The molecule has 8 N–H and O–H groups in total. The second-order valence-electron chi connectivity index (χ2n) is 3.09. The van der Waals surface area contributed by atoms with Crippen molar-refractivity contribution >= 4 is 46.9 Å². The van der Waals surface area contributed by atoms with Crippen LogP contribution in [-0.2, 0) is 19.2 Å². The monoisotopic (exact) mass is 290 g/mol. The first-order chi connectivity index (χ1) is 8.07. The molecule has 0 aromatic heterocycles. The molecule has 0 bridgehead atoms. The van der Waals surface area contributed by atoms with Gasteiger partial charge in [0, 0.05) is 0 Å². The zero-order chi connectivity index (χ0) is 14.9. The zero-order valence-corrected chi connectivity index (χ0v) is 11.3. The van der Waals surface area contributed by atoms with Gasteiger partial charge in [0.25, 0.3) is 0 Å². The van der Waals surface area contributed by atoms with Gasteiger partial charge in [0.2, 0.25) is 0 Å². The van der Waals surface area contributed by atoms with Crippen molar-refractivity contribution in [3.63, 3.8) is 0 Å². The standard InChI is InChI=1S/2C4H7NO4.Mg/c2*5-2(4(8)9)1-3(6)7;/h2*2H,1,5H2,(H,6,7)(H,8,9);/q;;+2/t2*2-;/m11./s1. The van der Waals surface area contributed by atoms with E-state index in [4.69, 9.17) is 31.9 Å². The molecule has 0 heterocycles. The number of carbonyl (C=O) groups is 4. The molecule has 0 aliphatic rings. The largest absolute Gasteiger partial charge is 2.00 e. The molecule has 0 aromatic rings. The maximum atomic E-state index is 9.85. The molecule has 0 unspecified atom stereocenters. The molecule has 0 amide bonds. The Morgan fingerprint density at radius 3 is 1.00 bits per heavy atom. The number of hydrogen-bond donors (Lipinski definition) is 6. The third kappa shape index (κ3) is 16.6. The van der Waals surface area contributed by atoms with Crippen LogP contribution in [0.15, 0.2) is 0 Å². The van der Waals surface area contributed by atoms with Crippen molar-refractivity contribution in [3.8, 4) is 0 Å². The molecule has 0 spiro atoms. The molecule has 0 aliphatic heterocycles. The molecule has 0 rings (SSSR count). The average Bonchev–Trinajstić information content (AvgIpc) is 2.16. The fraction of sp³-hybridized carbons (Fsp3) is 0.500. The Balaban J connectivity index is -0.000000256. The summed E-state index contributed by atoms with van der Waals surface area (Å²) in [6, 6.07) is -2.58. The summed E-state index contributed by atoms with van der Waals surface area (Å²) in [7, 11) is 0. The summed E-state index contributed by atoms with van der Waals surface area (Å²) in [5.41, 5.74) is 9.67. The molecule has 19 heavy (non-hydrogen) atoms. The van der Waals surface area contributed by atoms with E-state index < -0.39 is 48.8 Å². The van der Waals surface area contributed by atoms with E-state index in [9.17, 15) is 19.2 Å². The summed E-state index contributed by atoms with van der Waals surface area (Å²) >= 11 is 0. The Hall–Kier alpha value is -1.43. The van der Waals surface area contributed by atoms with E-state index in [1.165, 1.54) is 0 Å². The van der Waals surface area contributed by atoms with Crippen LogP contribution in [0.4, 0.5) is 0 Å². The van der Waals surface area contributed by atoms with Crippen LogP contribution in [0.1, 0.15) is 12.8 Å². The Labute approximate surface area is 123 Å². The summed E-state index contributed by atoms with van der Waals surface area (Å²) in [4.78, 5) is 39.2. The molecule has 0 aliphatic carbocycles. The minimum Gasteiger partial charge on any atom is -0.481 e. The van der Waals surface area contributed by atoms with E-state index in [2.05, 4.69) is 0 Å². The van der Waals surface area contributed by atoms with Crippen LogP contribution in [0.3, 0.4) is 0 Å². The summed E-state index contributed by atoms with van der Waals surface area (Å²) < 4.78 is 0. The first-order valence-corrected chi connectivity index (χ1v) is 4.48. The van der Waals surface area contributed by atoms with Crippen molar-refractivity contribution in [3.05, 3.63) is 0 Å². The van der Waals surface area contributed by atoms with Crippen molar-refractivity contribution < 1.29 is 39.6 Å². The van der Waals surface area contributed by atoms with E-state index in [0.29, 0.717) is 0 Å². The Bertz CT molecular complexity index is 303. The van der Waals surface area contributed by atoms with Gasteiger partial charge in [-0.1, -0.05) is 0 Å². The number of nitrogens with two attached hydrogens (primary N) is 2. The molecule has 0 saturated heterocycles. The molecule has 0 fully saturated rings. The van der Waals surface area contributed by atoms with Crippen LogP contribution < -0.4 is 11.5 Å². The van der Waals surface area contributed by atoms with E-state index in [-0.39, 0.29) is 23.1 Å². The average molecular weight is 291 g/mol. The van der Waals surface area contributed by atoms with Crippen LogP contribution >= 0.6 is 0 Å². The van der Waals surface area contributed by atoms with Crippen LogP contribution in [0.2, 0.25) is 0 Å². The second kappa shape index (κ2) is 11.6. The third-order valence-electron chi connectivity index (χ3n) is 1.42. The number of aliphatic carboxylic acids is 4. The van der Waals surface area contributed by atoms with Crippen LogP contribution in [0.5, 0.6) is 0 Å². The minimum absolute atomic E-state index is 0. The number of hydrogen-bond acceptors (Lipinski definition) is 6. The first kappa shape index (κ1) is 22.7. The Morgan fingerprint density at radius 2 is 0.947 bits per heavy atom. The first-order valence-electron chi connectivity index (χ1n) is 4.48. The molecule has 0 saturated carbocycles. The summed E-state index contributed by atoms with van der Waals surface area (Å²) in [5.74, 6) is -5.00. The quantitative estimate of drug-likeness (QED) is 0.281. The maximum Gasteiger partial charge on any atom is 2.00 e. The molecule has 0 aromatic carbocycles. The predicted octanol–water partition coefficient (Wildman–Crippen LogP) is -2.63. The molecule has 11 heteroatoms. The van der Waals surface area contributed by atoms with Gasteiger partial charge in [-0.15, -0.1) is 0 Å². The number of carboxylic acid groups (broad SMARTS) is 4. The van der Waals surface area contributed by atoms with Crippen LogP contribution in [-0.4, -0.2) is 79.4 Å². The topological polar surface area (TPSA) is 201 Å². The van der Waals surface area contributed by atoms with Crippen molar-refractivity contribution in [2.75, 3.05) is 0 Å². The fourth-order valence-electron chi connectivity index (χ4n) is 0.551. The van der Waals surface area contributed by atoms with Crippen molar-refractivity contribution in [1.29, 1.82) is 0 Å². The van der Waals surface area contributed by atoms with Crippen LogP contribution in [0, 0.1) is 0 Å². The van der Waals surface area contributed by atoms with Gasteiger partial charge in [-0.2, -0.15) is 0 Å². The van der Waals surface area contributed by atoms with Gasteiger partial charge >= 0.3 is 46.9 Å². The smallest absolute Gasteiger partial charge is 0.481 e. The zero-order valence-electron chi connectivity index (χ0n) is 9.85. The summed E-state index contributed by atoms with van der Waals surface area (Å²) in [6.45, 7) is 0. The molecule has 10 nitrogen and oxygen atoms in total. The van der Waals surface area contributed by atoms with E-state index in [1.54, 1.807) is 0 Å².